The number of fused-ring (bicyclic) bond motifs is 3. The van der Waals surface area contributed by atoms with Crippen molar-refractivity contribution in [2.45, 2.75) is 37.8 Å². The van der Waals surface area contributed by atoms with Crippen molar-refractivity contribution in [3.63, 3.8) is 0 Å². The first-order chi connectivity index (χ1) is 10.9. The van der Waals surface area contributed by atoms with Crippen molar-refractivity contribution in [1.29, 1.82) is 0 Å². The lowest BCUT2D eigenvalue weighted by atomic mass is 10.1. The summed E-state index contributed by atoms with van der Waals surface area (Å²) in [6.07, 6.45) is 0. The highest BCUT2D eigenvalue weighted by atomic mass is 32.2. The number of aryl methyl sites for hydroxylation is 2. The van der Waals surface area contributed by atoms with Gasteiger partial charge in [-0.3, -0.25) is 4.79 Å². The minimum Gasteiger partial charge on any atom is -0.425 e. The van der Waals surface area contributed by atoms with Gasteiger partial charge in [-0.25, -0.2) is 0 Å². The molecule has 0 spiro atoms. The van der Waals surface area contributed by atoms with Gasteiger partial charge < -0.3 is 9.30 Å². The van der Waals surface area contributed by atoms with Crippen molar-refractivity contribution in [3.05, 3.63) is 35.9 Å². The molecule has 120 valence electrons. The molecule has 3 nitrogen and oxygen atoms in total. The molecule has 3 rings (SSSR count). The Morgan fingerprint density at radius 2 is 1.96 bits per heavy atom. The molecule has 0 saturated carbocycles. The van der Waals surface area contributed by atoms with E-state index in [2.05, 4.69) is 56.7 Å². The Morgan fingerprint density at radius 3 is 2.61 bits per heavy atom. The topological polar surface area (TPSA) is 31.2 Å². The molecule has 0 aliphatic carbocycles. The number of esters is 1. The number of carbonyl (C=O) groups excluding carboxylic acids is 1. The number of carbonyl (C=O) groups is 1. The van der Waals surface area contributed by atoms with E-state index in [1.165, 1.54) is 23.2 Å². The van der Waals surface area contributed by atoms with Crippen molar-refractivity contribution < 1.29 is 9.53 Å². The van der Waals surface area contributed by atoms with Crippen LogP contribution in [-0.2, 0) is 11.8 Å². The van der Waals surface area contributed by atoms with E-state index in [0.29, 0.717) is 11.0 Å². The second-order valence-corrected chi connectivity index (χ2v) is 7.67. The molecule has 0 aliphatic heterocycles. The zero-order chi connectivity index (χ0) is 16.7. The third kappa shape index (κ3) is 2.72. The van der Waals surface area contributed by atoms with E-state index in [1.54, 1.807) is 11.8 Å². The molecule has 0 unspecified atom stereocenters. The van der Waals surface area contributed by atoms with Gasteiger partial charge in [0.15, 0.2) is 0 Å². The van der Waals surface area contributed by atoms with Crippen LogP contribution in [0.15, 0.2) is 35.2 Å². The van der Waals surface area contributed by atoms with E-state index in [4.69, 9.17) is 4.74 Å². The number of para-hydroxylation sites is 1. The average molecular weight is 327 g/mol. The van der Waals surface area contributed by atoms with Crippen LogP contribution in [0, 0.1) is 6.92 Å². The predicted octanol–water partition coefficient (Wildman–Crippen LogP) is 5.07. The van der Waals surface area contributed by atoms with Crippen LogP contribution in [0.5, 0.6) is 5.75 Å². The molecule has 1 aromatic heterocycles. The maximum atomic E-state index is 11.5. The van der Waals surface area contributed by atoms with Gasteiger partial charge in [-0.05, 0) is 24.6 Å². The molecular formula is C19H21NO2S. The highest BCUT2D eigenvalue weighted by Gasteiger charge is 2.20. The van der Waals surface area contributed by atoms with Crippen molar-refractivity contribution in [1.82, 2.24) is 4.57 Å². The number of nitrogens with zero attached hydrogens (tertiary/aromatic N) is 1. The van der Waals surface area contributed by atoms with Gasteiger partial charge in [-0.1, -0.05) is 32.0 Å². The van der Waals surface area contributed by atoms with Gasteiger partial charge in [0.25, 0.3) is 0 Å². The van der Waals surface area contributed by atoms with E-state index >= 15 is 0 Å². The van der Waals surface area contributed by atoms with Crippen LogP contribution in [0.3, 0.4) is 0 Å². The van der Waals surface area contributed by atoms with Gasteiger partial charge in [-0.15, -0.1) is 11.8 Å². The van der Waals surface area contributed by atoms with Gasteiger partial charge in [0, 0.05) is 35.5 Å². The summed E-state index contributed by atoms with van der Waals surface area (Å²) >= 11 is 1.74. The molecule has 0 radical (unpaired) electrons. The lowest BCUT2D eigenvalue weighted by molar-refractivity contribution is -0.132. The lowest BCUT2D eigenvalue weighted by Gasteiger charge is -2.15. The number of rotatable bonds is 3. The van der Waals surface area contributed by atoms with Crippen LogP contribution in [0.4, 0.5) is 0 Å². The van der Waals surface area contributed by atoms with Crippen LogP contribution >= 0.6 is 11.8 Å². The summed E-state index contributed by atoms with van der Waals surface area (Å²) in [4.78, 5) is 12.6. The number of aromatic nitrogens is 1. The largest absolute Gasteiger partial charge is 0.425 e. The van der Waals surface area contributed by atoms with Gasteiger partial charge in [0.05, 0.1) is 10.4 Å². The van der Waals surface area contributed by atoms with Crippen molar-refractivity contribution in [2.75, 3.05) is 0 Å². The first kappa shape index (κ1) is 15.9. The molecule has 0 bridgehead atoms. The van der Waals surface area contributed by atoms with E-state index in [0.717, 1.165) is 16.0 Å². The molecule has 4 heteroatoms. The minimum atomic E-state index is -0.284. The SMILES string of the molecule is CC(=O)Oc1cc(C)c2c3ccccc3n(C)c2c1SC(C)C. The maximum Gasteiger partial charge on any atom is 0.308 e. The molecular weight excluding hydrogens is 306 g/mol. The number of hydrogen-bond donors (Lipinski definition) is 0. The second kappa shape index (κ2) is 5.93. The van der Waals surface area contributed by atoms with Crippen LogP contribution < -0.4 is 4.74 Å². The molecule has 2 aromatic carbocycles. The molecule has 0 atom stereocenters. The van der Waals surface area contributed by atoms with Gasteiger partial charge >= 0.3 is 5.97 Å². The molecule has 0 aliphatic rings. The van der Waals surface area contributed by atoms with E-state index in [9.17, 15) is 4.79 Å². The lowest BCUT2D eigenvalue weighted by Crippen LogP contribution is -2.05. The van der Waals surface area contributed by atoms with Crippen molar-refractivity contribution in [2.24, 2.45) is 7.05 Å². The zero-order valence-corrected chi connectivity index (χ0v) is 15.0. The summed E-state index contributed by atoms with van der Waals surface area (Å²) in [6, 6.07) is 10.4. The maximum absolute atomic E-state index is 11.5. The third-order valence-corrected chi connectivity index (χ3v) is 5.00. The van der Waals surface area contributed by atoms with Gasteiger partial charge in [0.2, 0.25) is 0 Å². The minimum absolute atomic E-state index is 0.284. The Kier molecular flexibility index (Phi) is 4.11. The van der Waals surface area contributed by atoms with Crippen LogP contribution in [0.2, 0.25) is 0 Å². The first-order valence-corrected chi connectivity index (χ1v) is 8.64. The molecule has 0 fully saturated rings. The van der Waals surface area contributed by atoms with E-state index < -0.39 is 0 Å². The van der Waals surface area contributed by atoms with Crippen LogP contribution in [0.1, 0.15) is 26.3 Å². The molecule has 0 N–H and O–H groups in total. The summed E-state index contributed by atoms with van der Waals surface area (Å²) in [5, 5.41) is 2.87. The quantitative estimate of drug-likeness (QED) is 0.382. The Labute approximate surface area is 140 Å². The molecule has 1 heterocycles. The Morgan fingerprint density at radius 1 is 1.26 bits per heavy atom. The Balaban J connectivity index is 2.45. The Hall–Kier alpha value is -1.94. The normalized spacial score (nSPS) is 11.6. The molecule has 23 heavy (non-hydrogen) atoms. The number of hydrogen-bond acceptors (Lipinski definition) is 3. The standard InChI is InChI=1S/C19H21NO2S/c1-11(2)23-19-16(22-13(4)21)10-12(3)17-14-8-6-7-9-15(14)20(5)18(17)19/h6-11H,1-5H3. The van der Waals surface area contributed by atoms with Crippen LogP contribution in [-0.4, -0.2) is 15.8 Å². The van der Waals surface area contributed by atoms with Crippen molar-refractivity contribution >= 4 is 39.5 Å². The number of thioether (sulfide) groups is 1. The molecule has 3 aromatic rings. The number of benzene rings is 2. The smallest absolute Gasteiger partial charge is 0.308 e. The monoisotopic (exact) mass is 327 g/mol. The van der Waals surface area contributed by atoms with Crippen LogP contribution in [0.25, 0.3) is 21.8 Å². The highest BCUT2D eigenvalue weighted by molar-refractivity contribution is 8.00. The van der Waals surface area contributed by atoms with Gasteiger partial charge in [-0.2, -0.15) is 0 Å². The zero-order valence-electron chi connectivity index (χ0n) is 14.1. The summed E-state index contributed by atoms with van der Waals surface area (Å²) in [5.41, 5.74) is 3.46. The van der Waals surface area contributed by atoms with E-state index in [-0.39, 0.29) is 5.97 Å². The second-order valence-electron chi connectivity index (χ2n) is 6.08. The van der Waals surface area contributed by atoms with Crippen molar-refractivity contribution in [3.8, 4) is 5.75 Å². The molecule has 0 saturated heterocycles. The summed E-state index contributed by atoms with van der Waals surface area (Å²) in [6.45, 7) is 7.82. The number of ether oxygens (including phenoxy) is 1. The summed E-state index contributed by atoms with van der Waals surface area (Å²) in [7, 11) is 2.08. The van der Waals surface area contributed by atoms with Gasteiger partial charge in [0.1, 0.15) is 5.75 Å². The fourth-order valence-corrected chi connectivity index (χ4v) is 4.13. The Bertz CT molecular complexity index is 909. The fraction of sp³-hybridized carbons (Fsp3) is 0.316. The van der Waals surface area contributed by atoms with E-state index in [1.807, 2.05) is 6.07 Å². The predicted molar refractivity (Wildman–Crippen MR) is 97.5 cm³/mol. The third-order valence-electron chi connectivity index (χ3n) is 3.90. The summed E-state index contributed by atoms with van der Waals surface area (Å²) < 4.78 is 7.72. The highest BCUT2D eigenvalue weighted by Crippen LogP contribution is 2.43. The summed E-state index contributed by atoms with van der Waals surface area (Å²) in [5.74, 6) is 0.375. The molecule has 0 amide bonds. The fourth-order valence-electron chi connectivity index (χ4n) is 3.09. The first-order valence-electron chi connectivity index (χ1n) is 7.76. The average Bonchev–Trinajstić information content (AvgIpc) is 2.77.